The predicted octanol–water partition coefficient (Wildman–Crippen LogP) is 7.65. The Balaban J connectivity index is 1.37. The quantitative estimate of drug-likeness (QED) is 0.0570. The predicted molar refractivity (Wildman–Crippen MR) is 195 cm³/mol. The van der Waals surface area contributed by atoms with Crippen LogP contribution in [0.5, 0.6) is 11.5 Å². The molecule has 2 atom stereocenters. The standard InChI is InChI=1S/C41H37N5O5/c1-49-32-13-8-12-28(24-32)38-41(25-29-10-2-3-11-30(29)26-43-46-42,45-39(51-38)27-18-20-31(21-19-27)50-23-9-22-47)40(48)44-37-35-16-6-4-14-33(35)34-15-5-7-17-36(34)37/h2-8,10-21,24,37-38,47H,9,22-23,25-26H2,1H3,(H,44,48)/t38-,41-/m1/s1. The van der Waals surface area contributed by atoms with Crippen LogP contribution in [0, 0.1) is 0 Å². The highest BCUT2D eigenvalue weighted by Gasteiger charge is 2.54. The zero-order chi connectivity index (χ0) is 35.2. The van der Waals surface area contributed by atoms with E-state index < -0.39 is 17.7 Å². The highest BCUT2D eigenvalue weighted by atomic mass is 16.5. The van der Waals surface area contributed by atoms with E-state index in [1.165, 1.54) is 0 Å². The van der Waals surface area contributed by atoms with Crippen molar-refractivity contribution in [1.82, 2.24) is 5.32 Å². The largest absolute Gasteiger partial charge is 0.497 e. The van der Waals surface area contributed by atoms with Crippen LogP contribution in [-0.4, -0.2) is 42.8 Å². The van der Waals surface area contributed by atoms with Crippen LogP contribution in [0.25, 0.3) is 21.6 Å². The van der Waals surface area contributed by atoms with Crippen molar-refractivity contribution in [2.75, 3.05) is 20.3 Å². The van der Waals surface area contributed by atoms with Crippen molar-refractivity contribution in [3.63, 3.8) is 0 Å². The van der Waals surface area contributed by atoms with Crippen LogP contribution in [0.2, 0.25) is 0 Å². The molecule has 5 aromatic carbocycles. The van der Waals surface area contributed by atoms with Crippen LogP contribution >= 0.6 is 0 Å². The van der Waals surface area contributed by atoms with Gasteiger partial charge in [-0.3, -0.25) is 4.79 Å². The number of aliphatic hydroxyl groups excluding tert-OH is 1. The average Bonchev–Trinajstić information content (AvgIpc) is 3.72. The molecule has 0 aromatic heterocycles. The summed E-state index contributed by atoms with van der Waals surface area (Å²) in [6, 6.07) is 38.3. The van der Waals surface area contributed by atoms with E-state index in [9.17, 15) is 0 Å². The maximum absolute atomic E-state index is 15.3. The minimum Gasteiger partial charge on any atom is -0.497 e. The monoisotopic (exact) mass is 679 g/mol. The van der Waals surface area contributed by atoms with Crippen molar-refractivity contribution in [3.05, 3.63) is 165 Å². The molecule has 0 saturated heterocycles. The van der Waals surface area contributed by atoms with Crippen LogP contribution in [0.4, 0.5) is 0 Å². The third-order valence-electron chi connectivity index (χ3n) is 9.42. The van der Waals surface area contributed by atoms with Gasteiger partial charge in [-0.25, -0.2) is 4.99 Å². The average molecular weight is 680 g/mol. The van der Waals surface area contributed by atoms with Crippen molar-refractivity contribution >= 4 is 11.8 Å². The summed E-state index contributed by atoms with van der Waals surface area (Å²) in [4.78, 5) is 23.6. The molecule has 0 saturated carbocycles. The van der Waals surface area contributed by atoms with E-state index in [-0.39, 0.29) is 25.5 Å². The van der Waals surface area contributed by atoms with E-state index in [4.69, 9.17) is 29.8 Å². The van der Waals surface area contributed by atoms with Gasteiger partial charge in [0.05, 0.1) is 26.3 Å². The molecule has 1 heterocycles. The molecule has 1 amide bonds. The number of benzene rings is 5. The zero-order valence-corrected chi connectivity index (χ0v) is 28.1. The number of aliphatic imine (C=N–C) groups is 1. The van der Waals surface area contributed by atoms with Gasteiger partial charge in [0.1, 0.15) is 11.5 Å². The van der Waals surface area contributed by atoms with E-state index in [1.807, 2.05) is 109 Å². The van der Waals surface area contributed by atoms with E-state index >= 15 is 4.79 Å². The molecule has 2 aliphatic rings. The molecule has 10 nitrogen and oxygen atoms in total. The number of carbonyl (C=O) groups is 1. The number of rotatable bonds is 13. The van der Waals surface area contributed by atoms with Crippen molar-refractivity contribution in [2.24, 2.45) is 10.1 Å². The Morgan fingerprint density at radius 3 is 2.27 bits per heavy atom. The summed E-state index contributed by atoms with van der Waals surface area (Å²) in [6.45, 7) is 0.548. The number of hydrogen-bond acceptors (Lipinski definition) is 7. The Labute approximate surface area is 296 Å². The van der Waals surface area contributed by atoms with Gasteiger partial charge in [-0.2, -0.15) is 0 Å². The normalized spacial score (nSPS) is 17.4. The Kier molecular flexibility index (Phi) is 9.70. The van der Waals surface area contributed by atoms with Gasteiger partial charge < -0.3 is 24.6 Å². The zero-order valence-electron chi connectivity index (χ0n) is 28.1. The topological polar surface area (TPSA) is 138 Å². The summed E-state index contributed by atoms with van der Waals surface area (Å²) in [5.41, 5.74) is 14.8. The second kappa shape index (κ2) is 14.8. The van der Waals surface area contributed by atoms with Crippen LogP contribution < -0.4 is 14.8 Å². The summed E-state index contributed by atoms with van der Waals surface area (Å²) >= 11 is 0. The smallest absolute Gasteiger partial charge is 0.253 e. The van der Waals surface area contributed by atoms with Gasteiger partial charge in [-0.1, -0.05) is 90.0 Å². The van der Waals surface area contributed by atoms with Gasteiger partial charge in [-0.15, -0.1) is 0 Å². The number of carbonyl (C=O) groups excluding carboxylic acids is 1. The summed E-state index contributed by atoms with van der Waals surface area (Å²) in [5.74, 6) is 1.25. The van der Waals surface area contributed by atoms with Crippen molar-refractivity contribution < 1.29 is 24.1 Å². The molecular weight excluding hydrogens is 642 g/mol. The molecule has 51 heavy (non-hydrogen) atoms. The highest BCUT2D eigenvalue weighted by Crippen LogP contribution is 2.47. The fraction of sp³-hybridized carbons (Fsp3) is 0.220. The van der Waals surface area contributed by atoms with Gasteiger partial charge in [0.25, 0.3) is 5.91 Å². The number of methoxy groups -OCH3 is 1. The lowest BCUT2D eigenvalue weighted by Gasteiger charge is -2.33. The summed E-state index contributed by atoms with van der Waals surface area (Å²) in [7, 11) is 1.60. The van der Waals surface area contributed by atoms with Crippen LogP contribution in [0.15, 0.2) is 131 Å². The minimum atomic E-state index is -1.50. The van der Waals surface area contributed by atoms with E-state index in [2.05, 4.69) is 27.5 Å². The first-order valence-corrected chi connectivity index (χ1v) is 16.9. The molecule has 1 aliphatic carbocycles. The third-order valence-corrected chi connectivity index (χ3v) is 9.42. The molecule has 0 radical (unpaired) electrons. The lowest BCUT2D eigenvalue weighted by molar-refractivity contribution is -0.129. The minimum absolute atomic E-state index is 0.0442. The summed E-state index contributed by atoms with van der Waals surface area (Å²) in [6.07, 6.45) is -0.184. The first-order chi connectivity index (χ1) is 25.0. The number of azide groups is 1. The number of ether oxygens (including phenoxy) is 3. The molecule has 0 unspecified atom stereocenters. The molecule has 1 aliphatic heterocycles. The number of aliphatic hydroxyl groups is 1. The Bertz CT molecular complexity index is 2080. The van der Waals surface area contributed by atoms with Gasteiger partial charge >= 0.3 is 0 Å². The molecule has 2 N–H and O–H groups in total. The second-order valence-electron chi connectivity index (χ2n) is 12.5. The van der Waals surface area contributed by atoms with Crippen LogP contribution in [0.3, 0.4) is 0 Å². The Morgan fingerprint density at radius 1 is 0.902 bits per heavy atom. The van der Waals surface area contributed by atoms with E-state index in [0.29, 0.717) is 41.6 Å². The third kappa shape index (κ3) is 6.62. The number of nitrogens with zero attached hydrogens (tertiary/aromatic N) is 4. The van der Waals surface area contributed by atoms with E-state index in [1.54, 1.807) is 7.11 Å². The van der Waals surface area contributed by atoms with Crippen LogP contribution in [-0.2, 0) is 22.5 Å². The first kappa shape index (κ1) is 33.4. The molecule has 0 fully saturated rings. The van der Waals surface area contributed by atoms with E-state index in [0.717, 1.165) is 33.4 Å². The van der Waals surface area contributed by atoms with Gasteiger partial charge in [0.2, 0.25) is 5.90 Å². The molecule has 256 valence electrons. The lowest BCUT2D eigenvalue weighted by atomic mass is 9.80. The molecule has 5 aromatic rings. The Hall–Kier alpha value is -6.09. The van der Waals surface area contributed by atoms with Crippen molar-refractivity contribution in [1.29, 1.82) is 0 Å². The number of hydrogen-bond donors (Lipinski definition) is 2. The Morgan fingerprint density at radius 2 is 1.59 bits per heavy atom. The number of amides is 1. The van der Waals surface area contributed by atoms with Gasteiger partial charge in [0, 0.05) is 29.9 Å². The maximum atomic E-state index is 15.3. The molecule has 0 spiro atoms. The van der Waals surface area contributed by atoms with Gasteiger partial charge in [0.15, 0.2) is 11.6 Å². The fourth-order valence-corrected chi connectivity index (χ4v) is 6.94. The summed E-state index contributed by atoms with van der Waals surface area (Å²) in [5, 5.41) is 16.4. The number of fused-ring (bicyclic) bond motifs is 3. The molecular formula is C41H37N5O5. The molecule has 0 bridgehead atoms. The molecule has 7 rings (SSSR count). The SMILES string of the molecule is COc1cccc([C@H]2OC(c3ccc(OCCCO)cc3)=N[C@@]2(Cc2ccccc2CN=[N+]=[N-])C(=O)NC2c3ccccc3-c3ccccc32)c1. The van der Waals surface area contributed by atoms with Gasteiger partial charge in [-0.05, 0) is 80.9 Å². The lowest BCUT2D eigenvalue weighted by Crippen LogP contribution is -2.51. The van der Waals surface area contributed by atoms with Crippen LogP contribution in [0.1, 0.15) is 51.9 Å². The summed E-state index contributed by atoms with van der Waals surface area (Å²) < 4.78 is 18.2. The second-order valence-corrected chi connectivity index (χ2v) is 12.5. The maximum Gasteiger partial charge on any atom is 0.253 e. The number of nitrogens with one attached hydrogen (secondary N) is 1. The fourth-order valence-electron chi connectivity index (χ4n) is 6.94. The van der Waals surface area contributed by atoms with Crippen molar-refractivity contribution in [3.8, 4) is 22.6 Å². The highest BCUT2D eigenvalue weighted by molar-refractivity contribution is 6.01. The van der Waals surface area contributed by atoms with Crippen molar-refractivity contribution in [2.45, 2.75) is 37.1 Å². The first-order valence-electron chi connectivity index (χ1n) is 16.9. The molecule has 10 heteroatoms.